The molecule has 1 heterocycles. The van der Waals surface area contributed by atoms with E-state index in [1.54, 1.807) is 12.1 Å². The van der Waals surface area contributed by atoms with Gasteiger partial charge in [0, 0.05) is 47.1 Å². The summed E-state index contributed by atoms with van der Waals surface area (Å²) in [5, 5.41) is 6.20. The van der Waals surface area contributed by atoms with Crippen molar-refractivity contribution in [2.75, 3.05) is 12.4 Å². The van der Waals surface area contributed by atoms with E-state index in [4.69, 9.17) is 0 Å². The molecule has 0 atom stereocenters. The molecule has 1 saturated carbocycles. The van der Waals surface area contributed by atoms with E-state index in [1.807, 2.05) is 20.0 Å². The van der Waals surface area contributed by atoms with Crippen molar-refractivity contribution in [3.05, 3.63) is 52.8 Å². The number of nitrogens with one attached hydrogen (secondary N) is 2. The molecule has 1 aromatic carbocycles. The van der Waals surface area contributed by atoms with E-state index in [0.717, 1.165) is 44.0 Å². The molecule has 4 nitrogen and oxygen atoms in total. The second-order valence-corrected chi connectivity index (χ2v) is 9.87. The highest BCUT2D eigenvalue weighted by Crippen LogP contribution is 2.37. The van der Waals surface area contributed by atoms with Gasteiger partial charge in [-0.3, -0.25) is 4.79 Å². The lowest BCUT2D eigenvalue weighted by atomic mass is 9.88. The van der Waals surface area contributed by atoms with Crippen LogP contribution in [0.3, 0.4) is 0 Å². The Balaban J connectivity index is 1.91. The topological polar surface area (TPSA) is 46.1 Å². The zero-order valence-electron chi connectivity index (χ0n) is 19.5. The van der Waals surface area contributed by atoms with Gasteiger partial charge in [-0.1, -0.05) is 32.9 Å². The molecule has 0 saturated heterocycles. The van der Waals surface area contributed by atoms with E-state index in [1.165, 1.54) is 12.1 Å². The molecule has 0 radical (unpaired) electrons. The van der Waals surface area contributed by atoms with Crippen LogP contribution in [-0.4, -0.2) is 23.6 Å². The van der Waals surface area contributed by atoms with Crippen LogP contribution in [-0.2, 0) is 11.3 Å². The average Bonchev–Trinajstić information content (AvgIpc) is 3.05. The number of benzene rings is 1. The average molecular weight is 432 g/mol. The van der Waals surface area contributed by atoms with Crippen LogP contribution in [0.25, 0.3) is 0 Å². The Morgan fingerprint density at radius 2 is 1.71 bits per heavy atom. The number of carbonyl (C=O) groups is 1. The number of nitrogens with zero attached hydrogens (tertiary/aromatic N) is 1. The molecular weight excluding hydrogens is 396 g/mol. The van der Waals surface area contributed by atoms with E-state index >= 15 is 0 Å². The molecule has 2 N–H and O–H groups in total. The maximum Gasteiger partial charge on any atom is 0.270 e. The summed E-state index contributed by atoms with van der Waals surface area (Å²) in [5.41, 5.74) is 2.82. The van der Waals surface area contributed by atoms with Crippen LogP contribution < -0.4 is 10.6 Å². The van der Waals surface area contributed by atoms with E-state index < -0.39 is 5.92 Å². The summed E-state index contributed by atoms with van der Waals surface area (Å²) in [5.74, 6) is -3.21. The standard InChI is InChI=1S/C25H35F2N3O/c1-16-21(23(31)29-19-9-7-8-17(14-19)25(5,26)27)15-22(24(2,3)4)30(16)20-12-10-18(28-6)11-13-20/h7-9,14-15,18,20,28H,10-13H2,1-6H3,(H,29,31)/t18-,20+. The van der Waals surface area contributed by atoms with Crippen molar-refractivity contribution in [3.63, 3.8) is 0 Å². The molecule has 6 heteroatoms. The quantitative estimate of drug-likeness (QED) is 0.595. The molecule has 1 amide bonds. The van der Waals surface area contributed by atoms with Gasteiger partial charge in [-0.15, -0.1) is 0 Å². The summed E-state index contributed by atoms with van der Waals surface area (Å²) >= 11 is 0. The molecular formula is C25H35F2N3O. The Bertz CT molecular complexity index is 929. The summed E-state index contributed by atoms with van der Waals surface area (Å²) in [4.78, 5) is 13.1. The Kier molecular flexibility index (Phi) is 6.61. The van der Waals surface area contributed by atoms with Crippen LogP contribution >= 0.6 is 0 Å². The van der Waals surface area contributed by atoms with Crippen LogP contribution in [0.5, 0.6) is 0 Å². The number of rotatable bonds is 5. The molecule has 1 fully saturated rings. The van der Waals surface area contributed by atoms with Crippen LogP contribution in [0.1, 0.15) is 86.7 Å². The van der Waals surface area contributed by atoms with Gasteiger partial charge in [0.15, 0.2) is 0 Å². The fraction of sp³-hybridized carbons (Fsp3) is 0.560. The van der Waals surface area contributed by atoms with Gasteiger partial charge in [-0.2, -0.15) is 0 Å². The molecule has 0 spiro atoms. The first-order chi connectivity index (χ1) is 14.4. The Hall–Kier alpha value is -2.21. The SMILES string of the molecule is CN[C@H]1CC[C@@H](n2c(C(C)(C)C)cc(C(=O)Nc3cccc(C(C)(F)F)c3)c2C)CC1. The number of anilines is 1. The maximum absolute atomic E-state index is 13.7. The van der Waals surface area contributed by atoms with E-state index in [-0.39, 0.29) is 16.9 Å². The van der Waals surface area contributed by atoms with Crippen LogP contribution in [0, 0.1) is 6.92 Å². The lowest BCUT2D eigenvalue weighted by molar-refractivity contribution is 0.0175. The normalized spacial score (nSPS) is 20.0. The van der Waals surface area contributed by atoms with E-state index in [9.17, 15) is 13.6 Å². The first-order valence-corrected chi connectivity index (χ1v) is 11.1. The predicted molar refractivity (Wildman–Crippen MR) is 122 cm³/mol. The van der Waals surface area contributed by atoms with Crippen molar-refractivity contribution in [2.45, 2.75) is 83.7 Å². The van der Waals surface area contributed by atoms with Crippen LogP contribution in [0.15, 0.2) is 30.3 Å². The summed E-state index contributed by atoms with van der Waals surface area (Å²) in [6.07, 6.45) is 4.36. The van der Waals surface area contributed by atoms with Crippen molar-refractivity contribution in [3.8, 4) is 0 Å². The molecule has 0 aliphatic heterocycles. The highest BCUT2D eigenvalue weighted by atomic mass is 19.3. The van der Waals surface area contributed by atoms with Gasteiger partial charge in [-0.05, 0) is 57.9 Å². The minimum absolute atomic E-state index is 0.115. The number of hydrogen-bond donors (Lipinski definition) is 2. The first-order valence-electron chi connectivity index (χ1n) is 11.1. The smallest absolute Gasteiger partial charge is 0.270 e. The predicted octanol–water partition coefficient (Wildman–Crippen LogP) is 6.16. The minimum Gasteiger partial charge on any atom is -0.345 e. The maximum atomic E-state index is 13.7. The summed E-state index contributed by atoms with van der Waals surface area (Å²) in [6, 6.07) is 8.79. The molecule has 31 heavy (non-hydrogen) atoms. The summed E-state index contributed by atoms with van der Waals surface area (Å²) in [7, 11) is 2.01. The number of amides is 1. The number of aromatic nitrogens is 1. The Labute approximate surface area is 184 Å². The van der Waals surface area contributed by atoms with E-state index in [2.05, 4.69) is 36.0 Å². The molecule has 0 unspecified atom stereocenters. The summed E-state index contributed by atoms with van der Waals surface area (Å²) in [6.45, 7) is 9.32. The van der Waals surface area contributed by atoms with Gasteiger partial charge in [0.05, 0.1) is 5.56 Å². The molecule has 170 valence electrons. The Morgan fingerprint density at radius 1 is 1.06 bits per heavy atom. The molecule has 3 rings (SSSR count). The molecule has 1 aliphatic carbocycles. The molecule has 1 aromatic heterocycles. The minimum atomic E-state index is -2.95. The van der Waals surface area contributed by atoms with Crippen molar-refractivity contribution >= 4 is 11.6 Å². The zero-order valence-corrected chi connectivity index (χ0v) is 19.5. The monoisotopic (exact) mass is 431 g/mol. The van der Waals surface area contributed by atoms with Crippen molar-refractivity contribution < 1.29 is 13.6 Å². The van der Waals surface area contributed by atoms with Crippen molar-refractivity contribution in [1.82, 2.24) is 9.88 Å². The lowest BCUT2D eigenvalue weighted by Gasteiger charge is -2.34. The van der Waals surface area contributed by atoms with Crippen molar-refractivity contribution in [2.24, 2.45) is 0 Å². The lowest BCUT2D eigenvalue weighted by Crippen LogP contribution is -2.32. The molecule has 2 aromatic rings. The Morgan fingerprint density at radius 3 is 2.26 bits per heavy atom. The molecule has 1 aliphatic rings. The van der Waals surface area contributed by atoms with E-state index in [0.29, 0.717) is 23.3 Å². The van der Waals surface area contributed by atoms with Crippen LogP contribution in [0.4, 0.5) is 14.5 Å². The number of carbonyl (C=O) groups excluding carboxylic acids is 1. The van der Waals surface area contributed by atoms with Crippen molar-refractivity contribution in [1.29, 1.82) is 0 Å². The van der Waals surface area contributed by atoms with Gasteiger partial charge < -0.3 is 15.2 Å². The van der Waals surface area contributed by atoms with Gasteiger partial charge in [0.2, 0.25) is 0 Å². The largest absolute Gasteiger partial charge is 0.345 e. The van der Waals surface area contributed by atoms with Gasteiger partial charge in [-0.25, -0.2) is 8.78 Å². The number of alkyl halides is 2. The molecule has 0 bridgehead atoms. The fourth-order valence-electron chi connectivity index (χ4n) is 4.59. The highest BCUT2D eigenvalue weighted by molar-refractivity contribution is 6.05. The highest BCUT2D eigenvalue weighted by Gasteiger charge is 2.31. The van der Waals surface area contributed by atoms with Gasteiger partial charge in [0.25, 0.3) is 11.8 Å². The third-order valence-electron chi connectivity index (χ3n) is 6.40. The third-order valence-corrected chi connectivity index (χ3v) is 6.40. The second kappa shape index (κ2) is 8.73. The summed E-state index contributed by atoms with van der Waals surface area (Å²) < 4.78 is 29.7. The first kappa shape index (κ1) is 23.5. The van der Waals surface area contributed by atoms with Crippen LogP contribution in [0.2, 0.25) is 0 Å². The van der Waals surface area contributed by atoms with Gasteiger partial charge >= 0.3 is 0 Å². The zero-order chi connectivity index (χ0) is 23.0. The number of hydrogen-bond acceptors (Lipinski definition) is 2. The second-order valence-electron chi connectivity index (χ2n) is 9.87. The fourth-order valence-corrected chi connectivity index (χ4v) is 4.59. The number of halogens is 2. The van der Waals surface area contributed by atoms with Gasteiger partial charge in [0.1, 0.15) is 0 Å². The third kappa shape index (κ3) is 5.17.